The first-order chi connectivity index (χ1) is 13.0. The van der Waals surface area contributed by atoms with E-state index in [9.17, 15) is 9.59 Å². The summed E-state index contributed by atoms with van der Waals surface area (Å²) in [6, 6.07) is 0. The SMILES string of the molecule is CN(C)c1ncc2c(n1)C1(CCCN(C(=O)CCN3CCCC3=O)C1)CC2. The van der Waals surface area contributed by atoms with Crippen LogP contribution in [0, 0.1) is 0 Å². The maximum atomic E-state index is 12.8. The van der Waals surface area contributed by atoms with Gasteiger partial charge >= 0.3 is 0 Å². The Bertz CT molecular complexity index is 746. The highest BCUT2D eigenvalue weighted by Gasteiger charge is 2.44. The van der Waals surface area contributed by atoms with E-state index in [1.807, 2.05) is 35.0 Å². The first kappa shape index (κ1) is 18.2. The molecule has 146 valence electrons. The Labute approximate surface area is 160 Å². The van der Waals surface area contributed by atoms with E-state index in [0.717, 1.165) is 63.4 Å². The zero-order chi connectivity index (χ0) is 19.0. The van der Waals surface area contributed by atoms with Crippen LogP contribution in [0.3, 0.4) is 0 Å². The van der Waals surface area contributed by atoms with Crippen LogP contribution in [-0.2, 0) is 21.4 Å². The van der Waals surface area contributed by atoms with Crippen LogP contribution >= 0.6 is 0 Å². The quantitative estimate of drug-likeness (QED) is 0.799. The van der Waals surface area contributed by atoms with Gasteiger partial charge in [-0.3, -0.25) is 9.59 Å². The van der Waals surface area contributed by atoms with Gasteiger partial charge in [0.2, 0.25) is 17.8 Å². The number of aromatic nitrogens is 2. The summed E-state index contributed by atoms with van der Waals surface area (Å²) in [5.74, 6) is 1.10. The first-order valence-corrected chi connectivity index (χ1v) is 10.1. The molecule has 7 heteroatoms. The molecule has 1 aliphatic carbocycles. The van der Waals surface area contributed by atoms with Gasteiger partial charge < -0.3 is 14.7 Å². The molecule has 1 spiro atoms. The van der Waals surface area contributed by atoms with Gasteiger partial charge in [-0.2, -0.15) is 0 Å². The van der Waals surface area contributed by atoms with Crippen LogP contribution in [-0.4, -0.2) is 71.9 Å². The average Bonchev–Trinajstić information content (AvgIpc) is 3.23. The third kappa shape index (κ3) is 3.39. The number of aryl methyl sites for hydroxylation is 1. The number of fused-ring (bicyclic) bond motifs is 2. The number of rotatable bonds is 4. The van der Waals surface area contributed by atoms with Crippen LogP contribution in [0.15, 0.2) is 6.20 Å². The fourth-order valence-electron chi connectivity index (χ4n) is 4.82. The molecule has 0 radical (unpaired) electrons. The maximum Gasteiger partial charge on any atom is 0.225 e. The van der Waals surface area contributed by atoms with Gasteiger partial charge in [0.15, 0.2) is 0 Å². The molecule has 2 aliphatic heterocycles. The van der Waals surface area contributed by atoms with Crippen LogP contribution < -0.4 is 4.90 Å². The minimum absolute atomic E-state index is 0.0274. The van der Waals surface area contributed by atoms with Gasteiger partial charge in [0.1, 0.15) is 0 Å². The molecule has 3 aliphatic rings. The van der Waals surface area contributed by atoms with Gasteiger partial charge in [0, 0.05) is 64.7 Å². The predicted molar refractivity (Wildman–Crippen MR) is 103 cm³/mol. The summed E-state index contributed by atoms with van der Waals surface area (Å²) < 4.78 is 0. The Morgan fingerprint density at radius 3 is 2.81 bits per heavy atom. The van der Waals surface area contributed by atoms with Crippen molar-refractivity contribution in [2.45, 2.75) is 50.4 Å². The molecule has 4 rings (SSSR count). The molecule has 0 N–H and O–H groups in total. The third-order valence-electron chi connectivity index (χ3n) is 6.32. The van der Waals surface area contributed by atoms with Gasteiger partial charge in [-0.05, 0) is 37.7 Å². The number of anilines is 1. The molecule has 2 fully saturated rings. The molecular formula is C20H29N5O2. The summed E-state index contributed by atoms with van der Waals surface area (Å²) in [4.78, 5) is 39.7. The Morgan fingerprint density at radius 1 is 1.22 bits per heavy atom. The van der Waals surface area contributed by atoms with E-state index in [0.29, 0.717) is 19.4 Å². The molecule has 0 bridgehead atoms. The number of hydrogen-bond donors (Lipinski definition) is 0. The summed E-state index contributed by atoms with van der Waals surface area (Å²) in [5.41, 5.74) is 2.35. The minimum atomic E-state index is -0.0274. The van der Waals surface area contributed by atoms with E-state index in [1.54, 1.807) is 0 Å². The summed E-state index contributed by atoms with van der Waals surface area (Å²) in [7, 11) is 3.92. The Kier molecular flexibility index (Phi) is 4.78. The van der Waals surface area contributed by atoms with Crippen LogP contribution in [0.2, 0.25) is 0 Å². The van der Waals surface area contributed by atoms with Gasteiger partial charge in [-0.25, -0.2) is 9.97 Å². The summed E-state index contributed by atoms with van der Waals surface area (Å²) in [5, 5.41) is 0. The monoisotopic (exact) mass is 371 g/mol. The predicted octanol–water partition coefficient (Wildman–Crippen LogP) is 1.36. The Hall–Kier alpha value is -2.18. The smallest absolute Gasteiger partial charge is 0.225 e. The normalized spacial score (nSPS) is 24.6. The highest BCUT2D eigenvalue weighted by atomic mass is 16.2. The summed E-state index contributed by atoms with van der Waals surface area (Å²) in [6.07, 6.45) is 8.08. The lowest BCUT2D eigenvalue weighted by Crippen LogP contribution is -2.48. The molecule has 2 amide bonds. The number of piperidine rings is 1. The maximum absolute atomic E-state index is 12.8. The lowest BCUT2D eigenvalue weighted by Gasteiger charge is -2.40. The molecule has 1 atom stereocenters. The third-order valence-corrected chi connectivity index (χ3v) is 6.32. The van der Waals surface area contributed by atoms with Gasteiger partial charge in [-0.15, -0.1) is 0 Å². The number of carbonyl (C=O) groups is 2. The zero-order valence-corrected chi connectivity index (χ0v) is 16.4. The lowest BCUT2D eigenvalue weighted by atomic mass is 9.77. The van der Waals surface area contributed by atoms with E-state index >= 15 is 0 Å². The topological polar surface area (TPSA) is 69.6 Å². The molecule has 0 saturated carbocycles. The molecule has 0 aromatic carbocycles. The molecular weight excluding hydrogens is 342 g/mol. The number of carbonyl (C=O) groups excluding carboxylic acids is 2. The van der Waals surface area contributed by atoms with E-state index in [2.05, 4.69) is 4.98 Å². The van der Waals surface area contributed by atoms with Crippen LogP contribution in [0.25, 0.3) is 0 Å². The van der Waals surface area contributed by atoms with Gasteiger partial charge in [-0.1, -0.05) is 0 Å². The summed E-state index contributed by atoms with van der Waals surface area (Å²) in [6.45, 7) is 2.92. The second-order valence-corrected chi connectivity index (χ2v) is 8.37. The second-order valence-electron chi connectivity index (χ2n) is 8.37. The van der Waals surface area contributed by atoms with E-state index in [4.69, 9.17) is 4.98 Å². The van der Waals surface area contributed by atoms with Crippen molar-refractivity contribution < 1.29 is 9.59 Å². The van der Waals surface area contributed by atoms with Crippen molar-refractivity contribution in [3.8, 4) is 0 Å². The van der Waals surface area contributed by atoms with E-state index < -0.39 is 0 Å². The zero-order valence-electron chi connectivity index (χ0n) is 16.4. The van der Waals surface area contributed by atoms with Crippen molar-refractivity contribution in [3.63, 3.8) is 0 Å². The number of likely N-dealkylation sites (tertiary alicyclic amines) is 2. The average molecular weight is 371 g/mol. The van der Waals surface area contributed by atoms with Crippen molar-refractivity contribution in [2.75, 3.05) is 45.2 Å². The van der Waals surface area contributed by atoms with Crippen LogP contribution in [0.1, 0.15) is 49.8 Å². The second kappa shape index (κ2) is 7.09. The van der Waals surface area contributed by atoms with E-state index in [1.165, 1.54) is 5.56 Å². The minimum Gasteiger partial charge on any atom is -0.347 e. The van der Waals surface area contributed by atoms with Gasteiger partial charge in [0.05, 0.1) is 5.69 Å². The van der Waals surface area contributed by atoms with Crippen molar-refractivity contribution in [2.24, 2.45) is 0 Å². The van der Waals surface area contributed by atoms with E-state index in [-0.39, 0.29) is 17.2 Å². The molecule has 7 nitrogen and oxygen atoms in total. The van der Waals surface area contributed by atoms with Gasteiger partial charge in [0.25, 0.3) is 0 Å². The molecule has 2 saturated heterocycles. The van der Waals surface area contributed by atoms with Crippen molar-refractivity contribution in [3.05, 3.63) is 17.5 Å². The molecule has 3 heterocycles. The summed E-state index contributed by atoms with van der Waals surface area (Å²) >= 11 is 0. The molecule has 1 aromatic heterocycles. The molecule has 27 heavy (non-hydrogen) atoms. The Balaban J connectivity index is 1.46. The number of hydrogen-bond acceptors (Lipinski definition) is 5. The highest BCUT2D eigenvalue weighted by molar-refractivity contribution is 5.80. The Morgan fingerprint density at radius 2 is 2.07 bits per heavy atom. The van der Waals surface area contributed by atoms with Crippen LogP contribution in [0.4, 0.5) is 5.95 Å². The highest BCUT2D eigenvalue weighted by Crippen LogP contribution is 2.44. The largest absolute Gasteiger partial charge is 0.347 e. The number of amides is 2. The molecule has 1 unspecified atom stereocenters. The first-order valence-electron chi connectivity index (χ1n) is 10.1. The van der Waals surface area contributed by atoms with Crippen molar-refractivity contribution in [1.29, 1.82) is 0 Å². The fourth-order valence-corrected chi connectivity index (χ4v) is 4.82. The van der Waals surface area contributed by atoms with Crippen LogP contribution in [0.5, 0.6) is 0 Å². The van der Waals surface area contributed by atoms with Crippen molar-refractivity contribution in [1.82, 2.24) is 19.8 Å². The number of nitrogens with zero attached hydrogens (tertiary/aromatic N) is 5. The van der Waals surface area contributed by atoms with Crippen molar-refractivity contribution >= 4 is 17.8 Å². The molecule has 1 aromatic rings. The fraction of sp³-hybridized carbons (Fsp3) is 0.700. The standard InChI is InChI=1S/C20H29N5O2/c1-23(2)19-21-13-15-6-9-20(18(15)22-19)8-4-11-25(14-20)17(27)7-12-24-10-3-5-16(24)26/h13H,3-12,14H2,1-2H3. The lowest BCUT2D eigenvalue weighted by molar-refractivity contribution is -0.134.